The summed E-state index contributed by atoms with van der Waals surface area (Å²) in [6.07, 6.45) is 0.849. The van der Waals surface area contributed by atoms with Crippen LogP contribution in [0.4, 0.5) is 0 Å². The number of aryl methyl sites for hydroxylation is 1. The van der Waals surface area contributed by atoms with Crippen LogP contribution in [0.3, 0.4) is 0 Å². The van der Waals surface area contributed by atoms with Crippen molar-refractivity contribution in [1.29, 1.82) is 0 Å². The van der Waals surface area contributed by atoms with Gasteiger partial charge in [-0.15, -0.1) is 21.5 Å². The molecule has 0 unspecified atom stereocenters. The minimum absolute atomic E-state index is 0.0568. The van der Waals surface area contributed by atoms with Crippen LogP contribution in [0.1, 0.15) is 11.5 Å². The molecule has 0 spiro atoms. The number of sulfonamides is 1. The Kier molecular flexibility index (Phi) is 5.39. The summed E-state index contributed by atoms with van der Waals surface area (Å²) in [5, 5.41) is 9.84. The average Bonchev–Trinajstić information content (AvgIpc) is 3.25. The third kappa shape index (κ3) is 4.73. The molecule has 0 atom stereocenters. The minimum atomic E-state index is -3.32. The monoisotopic (exact) mass is 363 g/mol. The number of nitrogens with zero attached hydrogens (tertiary/aromatic N) is 2. The molecule has 0 radical (unpaired) electrons. The number of hydrogen-bond donors (Lipinski definition) is 1. The van der Waals surface area contributed by atoms with Gasteiger partial charge in [0.15, 0.2) is 0 Å². The summed E-state index contributed by atoms with van der Waals surface area (Å²) in [6.45, 7) is 0.239. The number of hydrogen-bond acceptors (Lipinski definition) is 6. The molecule has 0 saturated carbocycles. The minimum Gasteiger partial charge on any atom is -0.420 e. The van der Waals surface area contributed by atoms with E-state index in [-0.39, 0.29) is 12.3 Å². The number of thiophene rings is 1. The summed E-state index contributed by atoms with van der Waals surface area (Å²) in [5.41, 5.74) is 1.00. The highest BCUT2D eigenvalue weighted by molar-refractivity contribution is 7.89. The van der Waals surface area contributed by atoms with Crippen LogP contribution in [0.25, 0.3) is 10.8 Å². The topological polar surface area (TPSA) is 85.1 Å². The molecule has 2 heterocycles. The summed E-state index contributed by atoms with van der Waals surface area (Å²) < 4.78 is 32.1. The molecule has 0 saturated heterocycles. The van der Waals surface area contributed by atoms with E-state index in [2.05, 4.69) is 14.9 Å². The summed E-state index contributed by atoms with van der Waals surface area (Å²) in [6, 6.07) is 13.3. The predicted octanol–water partition coefficient (Wildman–Crippen LogP) is 2.50. The molecule has 0 amide bonds. The quantitative estimate of drug-likeness (QED) is 0.665. The van der Waals surface area contributed by atoms with Crippen LogP contribution in [0.2, 0.25) is 0 Å². The Morgan fingerprint density at radius 3 is 2.62 bits per heavy atom. The van der Waals surface area contributed by atoms with E-state index < -0.39 is 10.0 Å². The van der Waals surface area contributed by atoms with E-state index in [1.165, 1.54) is 11.3 Å². The van der Waals surface area contributed by atoms with Gasteiger partial charge in [0.1, 0.15) is 0 Å². The molecule has 3 rings (SSSR count). The van der Waals surface area contributed by atoms with Crippen molar-refractivity contribution in [3.63, 3.8) is 0 Å². The molecule has 1 N–H and O–H groups in total. The average molecular weight is 363 g/mol. The van der Waals surface area contributed by atoms with E-state index in [1.807, 2.05) is 47.8 Å². The van der Waals surface area contributed by atoms with Crippen molar-refractivity contribution in [1.82, 2.24) is 14.9 Å². The van der Waals surface area contributed by atoms with Crippen molar-refractivity contribution >= 4 is 21.4 Å². The first-order valence-corrected chi connectivity index (χ1v) is 10.0. The molecule has 2 aromatic heterocycles. The van der Waals surface area contributed by atoms with E-state index in [0.29, 0.717) is 24.6 Å². The van der Waals surface area contributed by atoms with Crippen molar-refractivity contribution < 1.29 is 12.8 Å². The molecule has 0 aliphatic rings. The predicted molar refractivity (Wildman–Crippen MR) is 93.3 cm³/mol. The van der Waals surface area contributed by atoms with Gasteiger partial charge in [-0.3, -0.25) is 0 Å². The molecule has 3 aromatic rings. The molecule has 1 aromatic carbocycles. The Hall–Kier alpha value is -2.03. The Morgan fingerprint density at radius 1 is 1.04 bits per heavy atom. The molecule has 126 valence electrons. The fourth-order valence-electron chi connectivity index (χ4n) is 2.14. The van der Waals surface area contributed by atoms with Crippen molar-refractivity contribution in [2.24, 2.45) is 0 Å². The van der Waals surface area contributed by atoms with Crippen molar-refractivity contribution in [2.45, 2.75) is 12.8 Å². The maximum Gasteiger partial charge on any atom is 0.257 e. The Balaban J connectivity index is 1.47. The first-order chi connectivity index (χ1) is 11.6. The maximum absolute atomic E-state index is 12.0. The normalized spacial score (nSPS) is 11.7. The second-order valence-corrected chi connectivity index (χ2v) is 8.05. The van der Waals surface area contributed by atoms with Crippen LogP contribution in [0.5, 0.6) is 0 Å². The molecule has 6 nitrogen and oxygen atoms in total. The highest BCUT2D eigenvalue weighted by Crippen LogP contribution is 2.22. The first kappa shape index (κ1) is 16.8. The van der Waals surface area contributed by atoms with Crippen molar-refractivity contribution in [3.05, 3.63) is 59.3 Å². The number of rotatable bonds is 8. The second kappa shape index (κ2) is 7.69. The molecule has 0 aliphatic heterocycles. The van der Waals surface area contributed by atoms with Crippen molar-refractivity contribution in [2.75, 3.05) is 12.3 Å². The molecule has 0 bridgehead atoms. The Morgan fingerprint density at radius 2 is 1.88 bits per heavy atom. The van der Waals surface area contributed by atoms with Crippen LogP contribution in [-0.4, -0.2) is 30.9 Å². The van der Waals surface area contributed by atoms with E-state index in [0.717, 1.165) is 10.4 Å². The van der Waals surface area contributed by atoms with E-state index >= 15 is 0 Å². The number of benzene rings is 1. The van der Waals surface area contributed by atoms with Gasteiger partial charge in [0.05, 0.1) is 10.6 Å². The van der Waals surface area contributed by atoms with Gasteiger partial charge >= 0.3 is 0 Å². The van der Waals surface area contributed by atoms with E-state index in [1.54, 1.807) is 0 Å². The van der Waals surface area contributed by atoms with Gasteiger partial charge < -0.3 is 4.42 Å². The fraction of sp³-hybridized carbons (Fsp3) is 0.250. The van der Waals surface area contributed by atoms with Gasteiger partial charge in [-0.2, -0.15) is 0 Å². The standard InChI is InChI=1S/C16H17N3O3S2/c20-24(21,12-9-13-5-2-1-3-6-13)17-10-8-15-18-19-16(22-15)14-7-4-11-23-14/h1-7,11,17H,8-10,12H2. The van der Waals surface area contributed by atoms with Gasteiger partial charge in [0.2, 0.25) is 15.9 Å². The molecule has 24 heavy (non-hydrogen) atoms. The fourth-order valence-corrected chi connectivity index (χ4v) is 3.84. The van der Waals surface area contributed by atoms with Crippen LogP contribution in [-0.2, 0) is 22.9 Å². The number of aromatic nitrogens is 2. The zero-order valence-corrected chi connectivity index (χ0v) is 14.5. The maximum atomic E-state index is 12.0. The lowest BCUT2D eigenvalue weighted by atomic mass is 10.2. The van der Waals surface area contributed by atoms with Crippen molar-refractivity contribution in [3.8, 4) is 10.8 Å². The third-order valence-corrected chi connectivity index (χ3v) is 5.61. The summed E-state index contributed by atoms with van der Waals surface area (Å²) >= 11 is 1.51. The van der Waals surface area contributed by atoms with Gasteiger partial charge in [-0.1, -0.05) is 36.4 Å². The van der Waals surface area contributed by atoms with E-state index in [4.69, 9.17) is 4.42 Å². The highest BCUT2D eigenvalue weighted by atomic mass is 32.2. The van der Waals surface area contributed by atoms with Gasteiger partial charge in [-0.05, 0) is 23.4 Å². The summed E-state index contributed by atoms with van der Waals surface area (Å²) in [7, 11) is -3.32. The summed E-state index contributed by atoms with van der Waals surface area (Å²) in [4.78, 5) is 0.900. The first-order valence-electron chi connectivity index (χ1n) is 7.50. The number of nitrogens with one attached hydrogen (secondary N) is 1. The molecule has 0 fully saturated rings. The molecule has 8 heteroatoms. The molecular weight excluding hydrogens is 346 g/mol. The van der Waals surface area contributed by atoms with Crippen LogP contribution in [0, 0.1) is 0 Å². The van der Waals surface area contributed by atoms with Gasteiger partial charge in [0.25, 0.3) is 5.89 Å². The Labute approximate surface area is 144 Å². The molecule has 0 aliphatic carbocycles. The zero-order chi connectivity index (χ0) is 16.8. The Bertz CT molecular complexity index is 859. The third-order valence-electron chi connectivity index (χ3n) is 3.36. The lowest BCUT2D eigenvalue weighted by molar-refractivity contribution is 0.503. The van der Waals surface area contributed by atoms with Gasteiger partial charge in [-0.25, -0.2) is 13.1 Å². The van der Waals surface area contributed by atoms with Crippen LogP contribution in [0.15, 0.2) is 52.3 Å². The second-order valence-electron chi connectivity index (χ2n) is 5.18. The summed E-state index contributed by atoms with van der Waals surface area (Å²) in [5.74, 6) is 0.942. The molecular formula is C16H17N3O3S2. The van der Waals surface area contributed by atoms with Gasteiger partial charge in [0, 0.05) is 13.0 Å². The van der Waals surface area contributed by atoms with E-state index in [9.17, 15) is 8.42 Å². The van der Waals surface area contributed by atoms with Crippen LogP contribution >= 0.6 is 11.3 Å². The SMILES string of the molecule is O=S(=O)(CCc1ccccc1)NCCc1nnc(-c2cccs2)o1. The lowest BCUT2D eigenvalue weighted by Crippen LogP contribution is -2.29. The largest absolute Gasteiger partial charge is 0.420 e. The lowest BCUT2D eigenvalue weighted by Gasteiger charge is -2.05. The smallest absolute Gasteiger partial charge is 0.257 e. The highest BCUT2D eigenvalue weighted by Gasteiger charge is 2.12. The van der Waals surface area contributed by atoms with Crippen LogP contribution < -0.4 is 4.72 Å². The zero-order valence-electron chi connectivity index (χ0n) is 12.9.